The SMILES string of the molecule is CC(CC(=O)Nc1ccc(CC(C)C(=O)O)cc1)NC(=O)C1CCCC1. The second-order valence-electron chi connectivity index (χ2n) is 7.28. The number of carboxylic acids is 1. The predicted molar refractivity (Wildman–Crippen MR) is 99.8 cm³/mol. The normalized spacial score (nSPS) is 16.7. The van der Waals surface area contributed by atoms with Crippen LogP contribution < -0.4 is 10.6 Å². The molecular formula is C20H28N2O4. The molecule has 1 fully saturated rings. The fraction of sp³-hybridized carbons (Fsp3) is 0.550. The molecule has 1 aliphatic carbocycles. The summed E-state index contributed by atoms with van der Waals surface area (Å²) in [7, 11) is 0. The van der Waals surface area contributed by atoms with Gasteiger partial charge in [0.1, 0.15) is 0 Å². The van der Waals surface area contributed by atoms with Crippen molar-refractivity contribution in [2.24, 2.45) is 11.8 Å². The standard InChI is InChI=1S/C20H28N2O4/c1-13(20(25)26)11-15-7-9-17(10-8-15)22-18(23)12-14(2)21-19(24)16-5-3-4-6-16/h7-10,13-14,16H,3-6,11-12H2,1-2H3,(H,21,24)(H,22,23)(H,25,26). The summed E-state index contributed by atoms with van der Waals surface area (Å²) in [6.07, 6.45) is 4.77. The fourth-order valence-corrected chi connectivity index (χ4v) is 3.25. The molecule has 0 radical (unpaired) electrons. The minimum Gasteiger partial charge on any atom is -0.481 e. The Morgan fingerprint density at radius 3 is 2.31 bits per heavy atom. The van der Waals surface area contributed by atoms with Crippen molar-refractivity contribution in [2.45, 2.75) is 58.4 Å². The van der Waals surface area contributed by atoms with Crippen molar-refractivity contribution < 1.29 is 19.5 Å². The minimum atomic E-state index is -0.823. The van der Waals surface area contributed by atoms with Crippen LogP contribution >= 0.6 is 0 Å². The molecule has 0 aromatic heterocycles. The fourth-order valence-electron chi connectivity index (χ4n) is 3.25. The highest BCUT2D eigenvalue weighted by atomic mass is 16.4. The minimum absolute atomic E-state index is 0.0553. The van der Waals surface area contributed by atoms with Crippen molar-refractivity contribution in [3.05, 3.63) is 29.8 Å². The molecule has 0 spiro atoms. The van der Waals surface area contributed by atoms with E-state index in [4.69, 9.17) is 5.11 Å². The van der Waals surface area contributed by atoms with Crippen LogP contribution in [0.25, 0.3) is 0 Å². The Morgan fingerprint density at radius 1 is 1.12 bits per heavy atom. The molecule has 26 heavy (non-hydrogen) atoms. The topological polar surface area (TPSA) is 95.5 Å². The van der Waals surface area contributed by atoms with E-state index in [1.54, 1.807) is 19.1 Å². The van der Waals surface area contributed by atoms with E-state index in [1.807, 2.05) is 19.1 Å². The first-order valence-electron chi connectivity index (χ1n) is 9.27. The lowest BCUT2D eigenvalue weighted by atomic mass is 10.0. The molecule has 0 heterocycles. The summed E-state index contributed by atoms with van der Waals surface area (Å²) in [6.45, 7) is 3.50. The Kier molecular flexibility index (Phi) is 7.18. The molecule has 6 heteroatoms. The van der Waals surface area contributed by atoms with E-state index in [2.05, 4.69) is 10.6 Å². The number of carboxylic acid groups (broad SMARTS) is 1. The molecule has 2 unspecified atom stereocenters. The Bertz CT molecular complexity index is 636. The summed E-state index contributed by atoms with van der Waals surface area (Å²) < 4.78 is 0. The van der Waals surface area contributed by atoms with Gasteiger partial charge in [-0.05, 0) is 43.9 Å². The van der Waals surface area contributed by atoms with Gasteiger partial charge in [0.15, 0.2) is 0 Å². The molecule has 6 nitrogen and oxygen atoms in total. The van der Waals surface area contributed by atoms with E-state index < -0.39 is 11.9 Å². The molecule has 2 atom stereocenters. The average molecular weight is 360 g/mol. The van der Waals surface area contributed by atoms with Gasteiger partial charge in [-0.25, -0.2) is 0 Å². The largest absolute Gasteiger partial charge is 0.481 e. The lowest BCUT2D eigenvalue weighted by Crippen LogP contribution is -2.38. The maximum Gasteiger partial charge on any atom is 0.306 e. The summed E-state index contributed by atoms with van der Waals surface area (Å²) in [5.41, 5.74) is 1.58. The van der Waals surface area contributed by atoms with Gasteiger partial charge in [0.2, 0.25) is 11.8 Å². The second-order valence-corrected chi connectivity index (χ2v) is 7.28. The molecular weight excluding hydrogens is 332 g/mol. The van der Waals surface area contributed by atoms with Crippen molar-refractivity contribution in [2.75, 3.05) is 5.32 Å². The number of nitrogens with one attached hydrogen (secondary N) is 2. The van der Waals surface area contributed by atoms with Crippen molar-refractivity contribution in [3.8, 4) is 0 Å². The molecule has 0 aliphatic heterocycles. The quantitative estimate of drug-likeness (QED) is 0.664. The molecule has 0 saturated heterocycles. The van der Waals surface area contributed by atoms with Gasteiger partial charge in [0.25, 0.3) is 0 Å². The van der Waals surface area contributed by atoms with Crippen LogP contribution in [-0.2, 0) is 20.8 Å². The molecule has 142 valence electrons. The van der Waals surface area contributed by atoms with Crippen LogP contribution in [-0.4, -0.2) is 28.9 Å². The van der Waals surface area contributed by atoms with E-state index in [9.17, 15) is 14.4 Å². The molecule has 3 N–H and O–H groups in total. The van der Waals surface area contributed by atoms with Gasteiger partial charge in [-0.1, -0.05) is 31.9 Å². The third kappa shape index (κ3) is 6.17. The highest BCUT2D eigenvalue weighted by molar-refractivity contribution is 5.91. The molecule has 0 bridgehead atoms. The number of benzene rings is 1. The highest BCUT2D eigenvalue weighted by Gasteiger charge is 2.24. The monoisotopic (exact) mass is 360 g/mol. The van der Waals surface area contributed by atoms with Crippen molar-refractivity contribution in [1.29, 1.82) is 0 Å². The van der Waals surface area contributed by atoms with Crippen LogP contribution in [0, 0.1) is 11.8 Å². The smallest absolute Gasteiger partial charge is 0.306 e. The third-order valence-electron chi connectivity index (χ3n) is 4.81. The van der Waals surface area contributed by atoms with E-state index >= 15 is 0 Å². The maximum atomic E-state index is 12.1. The number of hydrogen-bond acceptors (Lipinski definition) is 3. The van der Waals surface area contributed by atoms with E-state index in [0.717, 1.165) is 31.2 Å². The molecule has 2 rings (SSSR count). The van der Waals surface area contributed by atoms with Crippen LogP contribution in [0.1, 0.15) is 51.5 Å². The number of rotatable bonds is 8. The second kappa shape index (κ2) is 9.36. The first-order valence-corrected chi connectivity index (χ1v) is 9.27. The van der Waals surface area contributed by atoms with Crippen LogP contribution in [0.5, 0.6) is 0 Å². The van der Waals surface area contributed by atoms with Gasteiger partial charge < -0.3 is 15.7 Å². The zero-order valence-electron chi connectivity index (χ0n) is 15.5. The Labute approximate surface area is 154 Å². The Balaban J connectivity index is 1.77. The van der Waals surface area contributed by atoms with Gasteiger partial charge in [-0.2, -0.15) is 0 Å². The zero-order valence-corrected chi connectivity index (χ0v) is 15.5. The van der Waals surface area contributed by atoms with Crippen LogP contribution in [0.4, 0.5) is 5.69 Å². The maximum absolute atomic E-state index is 12.1. The average Bonchev–Trinajstić information content (AvgIpc) is 3.10. The number of carbonyl (C=O) groups is 3. The molecule has 1 aromatic carbocycles. The molecule has 1 aliphatic rings. The van der Waals surface area contributed by atoms with Crippen LogP contribution in [0.3, 0.4) is 0 Å². The number of carbonyl (C=O) groups excluding carboxylic acids is 2. The van der Waals surface area contributed by atoms with Crippen molar-refractivity contribution >= 4 is 23.5 Å². The van der Waals surface area contributed by atoms with Crippen molar-refractivity contribution in [3.63, 3.8) is 0 Å². The highest BCUT2D eigenvalue weighted by Crippen LogP contribution is 2.24. The zero-order chi connectivity index (χ0) is 19.1. The number of amides is 2. The van der Waals surface area contributed by atoms with E-state index in [1.165, 1.54) is 0 Å². The van der Waals surface area contributed by atoms with E-state index in [-0.39, 0.29) is 30.2 Å². The molecule has 1 aromatic rings. The van der Waals surface area contributed by atoms with E-state index in [0.29, 0.717) is 12.1 Å². The van der Waals surface area contributed by atoms with Gasteiger partial charge >= 0.3 is 5.97 Å². The lowest BCUT2D eigenvalue weighted by molar-refractivity contribution is -0.141. The Hall–Kier alpha value is -2.37. The lowest BCUT2D eigenvalue weighted by Gasteiger charge is -2.17. The number of hydrogen-bond donors (Lipinski definition) is 3. The number of anilines is 1. The summed E-state index contributed by atoms with van der Waals surface area (Å²) in [4.78, 5) is 35.1. The Morgan fingerprint density at radius 2 is 1.73 bits per heavy atom. The van der Waals surface area contributed by atoms with Gasteiger partial charge in [0.05, 0.1) is 5.92 Å². The number of aliphatic carboxylic acids is 1. The summed E-state index contributed by atoms with van der Waals surface area (Å²) >= 11 is 0. The predicted octanol–water partition coefficient (Wildman–Crippen LogP) is 2.97. The van der Waals surface area contributed by atoms with Gasteiger partial charge in [-0.15, -0.1) is 0 Å². The van der Waals surface area contributed by atoms with Gasteiger partial charge in [-0.3, -0.25) is 14.4 Å². The van der Waals surface area contributed by atoms with Gasteiger partial charge in [0, 0.05) is 24.1 Å². The third-order valence-corrected chi connectivity index (χ3v) is 4.81. The van der Waals surface area contributed by atoms with Crippen LogP contribution in [0.2, 0.25) is 0 Å². The van der Waals surface area contributed by atoms with Crippen LogP contribution in [0.15, 0.2) is 24.3 Å². The molecule has 1 saturated carbocycles. The molecule has 2 amide bonds. The summed E-state index contributed by atoms with van der Waals surface area (Å²) in [6, 6.07) is 6.97. The summed E-state index contributed by atoms with van der Waals surface area (Å²) in [5.74, 6) is -1.27. The van der Waals surface area contributed by atoms with Crippen molar-refractivity contribution in [1.82, 2.24) is 5.32 Å². The first kappa shape index (κ1) is 19.9. The summed E-state index contributed by atoms with van der Waals surface area (Å²) in [5, 5.41) is 14.7. The first-order chi connectivity index (χ1) is 12.3.